The minimum absolute atomic E-state index is 0.248. The van der Waals surface area contributed by atoms with Gasteiger partial charge in [-0.05, 0) is 19.3 Å². The van der Waals surface area contributed by atoms with E-state index in [1.54, 1.807) is 0 Å². The number of hydrogen-bond acceptors (Lipinski definition) is 5. The summed E-state index contributed by atoms with van der Waals surface area (Å²) < 4.78 is 13.6. The lowest BCUT2D eigenvalue weighted by Crippen LogP contribution is -2.30. The Morgan fingerprint density at radius 1 is 1.69 bits per heavy atom. The minimum Gasteiger partial charge on any atom is -0.351 e. The maximum atomic E-state index is 13.6. The fourth-order valence-corrected chi connectivity index (χ4v) is 2.17. The quantitative estimate of drug-likeness (QED) is 0.599. The normalized spacial score (nSPS) is 20.2. The summed E-state index contributed by atoms with van der Waals surface area (Å²) in [6.07, 6.45) is 4.32. The van der Waals surface area contributed by atoms with Crippen molar-refractivity contribution in [2.24, 2.45) is 5.84 Å². The fourth-order valence-electron chi connectivity index (χ4n) is 2.17. The van der Waals surface area contributed by atoms with E-state index in [9.17, 15) is 4.39 Å². The van der Waals surface area contributed by atoms with Crippen molar-refractivity contribution in [2.45, 2.75) is 32.2 Å². The van der Waals surface area contributed by atoms with Crippen LogP contribution in [0.5, 0.6) is 0 Å². The molecule has 16 heavy (non-hydrogen) atoms. The van der Waals surface area contributed by atoms with Crippen LogP contribution in [0, 0.1) is 5.82 Å². The average Bonchev–Trinajstić information content (AvgIpc) is 2.77. The number of nitrogens with zero attached hydrogens (tertiary/aromatic N) is 3. The van der Waals surface area contributed by atoms with Crippen molar-refractivity contribution in [2.75, 3.05) is 16.9 Å². The van der Waals surface area contributed by atoms with Crippen LogP contribution in [0.3, 0.4) is 0 Å². The summed E-state index contributed by atoms with van der Waals surface area (Å²) in [4.78, 5) is 9.80. The molecule has 88 valence electrons. The summed E-state index contributed by atoms with van der Waals surface area (Å²) in [5.41, 5.74) is 2.34. The van der Waals surface area contributed by atoms with Crippen LogP contribution in [0.1, 0.15) is 26.2 Å². The van der Waals surface area contributed by atoms with Crippen LogP contribution in [-0.2, 0) is 0 Å². The molecule has 0 spiro atoms. The largest absolute Gasteiger partial charge is 0.351 e. The summed E-state index contributed by atoms with van der Waals surface area (Å²) in [7, 11) is 0. The molecular formula is C10H16FN5. The topological polar surface area (TPSA) is 67.1 Å². The Balaban J connectivity index is 2.31. The third-order valence-electron chi connectivity index (χ3n) is 2.98. The number of nitrogen functional groups attached to an aromatic ring is 1. The van der Waals surface area contributed by atoms with E-state index in [0.717, 1.165) is 32.0 Å². The fraction of sp³-hybridized carbons (Fsp3) is 0.600. The molecule has 1 saturated heterocycles. The molecule has 0 saturated carbocycles. The number of nitrogens with two attached hydrogens (primary N) is 1. The van der Waals surface area contributed by atoms with Gasteiger partial charge in [-0.2, -0.15) is 4.98 Å². The van der Waals surface area contributed by atoms with E-state index in [0.29, 0.717) is 11.9 Å². The van der Waals surface area contributed by atoms with Crippen molar-refractivity contribution < 1.29 is 4.39 Å². The molecular weight excluding hydrogens is 209 g/mol. The van der Waals surface area contributed by atoms with Gasteiger partial charge in [-0.15, -0.1) is 0 Å². The molecule has 2 heterocycles. The molecule has 6 heteroatoms. The first-order valence-electron chi connectivity index (χ1n) is 5.52. The van der Waals surface area contributed by atoms with Gasteiger partial charge < -0.3 is 4.90 Å². The van der Waals surface area contributed by atoms with Crippen LogP contribution in [0.25, 0.3) is 0 Å². The lowest BCUT2D eigenvalue weighted by atomic mass is 10.2. The van der Waals surface area contributed by atoms with Crippen LogP contribution in [0.2, 0.25) is 0 Å². The maximum Gasteiger partial charge on any atom is 0.239 e. The summed E-state index contributed by atoms with van der Waals surface area (Å²) in [6, 6.07) is 0.370. The number of hydrogen-bond donors (Lipinski definition) is 2. The van der Waals surface area contributed by atoms with Crippen molar-refractivity contribution in [1.82, 2.24) is 9.97 Å². The van der Waals surface area contributed by atoms with Gasteiger partial charge in [0.1, 0.15) is 0 Å². The number of hydrazine groups is 1. The number of aromatic nitrogens is 2. The average molecular weight is 225 g/mol. The van der Waals surface area contributed by atoms with Gasteiger partial charge >= 0.3 is 0 Å². The molecule has 1 fully saturated rings. The highest BCUT2D eigenvalue weighted by Crippen LogP contribution is 2.27. The molecule has 1 aromatic heterocycles. The minimum atomic E-state index is -0.389. The van der Waals surface area contributed by atoms with E-state index in [-0.39, 0.29) is 11.8 Å². The Bertz CT molecular complexity index is 370. The lowest BCUT2D eigenvalue weighted by Gasteiger charge is -2.25. The van der Waals surface area contributed by atoms with Gasteiger partial charge in [0.05, 0.1) is 6.20 Å². The maximum absolute atomic E-state index is 13.6. The van der Waals surface area contributed by atoms with E-state index >= 15 is 0 Å². The Kier molecular flexibility index (Phi) is 3.19. The van der Waals surface area contributed by atoms with Gasteiger partial charge in [0, 0.05) is 12.6 Å². The van der Waals surface area contributed by atoms with E-state index in [4.69, 9.17) is 5.84 Å². The molecule has 1 aliphatic rings. The van der Waals surface area contributed by atoms with Gasteiger partial charge in [0.2, 0.25) is 5.95 Å². The van der Waals surface area contributed by atoms with Gasteiger partial charge in [-0.3, -0.25) is 5.43 Å². The van der Waals surface area contributed by atoms with Crippen molar-refractivity contribution in [1.29, 1.82) is 0 Å². The first kappa shape index (κ1) is 11.1. The zero-order valence-electron chi connectivity index (χ0n) is 9.28. The van der Waals surface area contributed by atoms with Gasteiger partial charge in [-0.25, -0.2) is 15.2 Å². The van der Waals surface area contributed by atoms with Crippen LogP contribution < -0.4 is 16.2 Å². The Labute approximate surface area is 93.8 Å². The second kappa shape index (κ2) is 4.61. The van der Waals surface area contributed by atoms with Crippen molar-refractivity contribution in [3.63, 3.8) is 0 Å². The van der Waals surface area contributed by atoms with E-state index in [2.05, 4.69) is 22.3 Å². The molecule has 2 rings (SSSR count). The molecule has 0 bridgehead atoms. The van der Waals surface area contributed by atoms with E-state index < -0.39 is 0 Å². The van der Waals surface area contributed by atoms with Crippen molar-refractivity contribution in [3.8, 4) is 0 Å². The van der Waals surface area contributed by atoms with Crippen LogP contribution >= 0.6 is 0 Å². The Hall–Kier alpha value is -1.43. The number of nitrogens with one attached hydrogen (secondary N) is 1. The molecule has 1 aromatic rings. The molecule has 3 N–H and O–H groups in total. The summed E-state index contributed by atoms with van der Waals surface area (Å²) in [5.74, 6) is 5.43. The second-order valence-corrected chi connectivity index (χ2v) is 3.91. The van der Waals surface area contributed by atoms with Gasteiger partial charge in [-0.1, -0.05) is 6.92 Å². The van der Waals surface area contributed by atoms with E-state index in [1.807, 2.05) is 4.90 Å². The van der Waals surface area contributed by atoms with Crippen LogP contribution in [0.4, 0.5) is 16.2 Å². The number of rotatable bonds is 3. The Morgan fingerprint density at radius 3 is 3.19 bits per heavy atom. The summed E-state index contributed by atoms with van der Waals surface area (Å²) in [6.45, 7) is 2.95. The third kappa shape index (κ3) is 1.92. The molecule has 1 atom stereocenters. The zero-order valence-corrected chi connectivity index (χ0v) is 9.28. The predicted octanol–water partition coefficient (Wildman–Crippen LogP) is 1.28. The third-order valence-corrected chi connectivity index (χ3v) is 2.98. The predicted molar refractivity (Wildman–Crippen MR) is 60.5 cm³/mol. The molecule has 1 unspecified atom stereocenters. The Morgan fingerprint density at radius 2 is 2.50 bits per heavy atom. The molecule has 0 amide bonds. The molecule has 0 aromatic carbocycles. The summed E-state index contributed by atoms with van der Waals surface area (Å²) >= 11 is 0. The monoisotopic (exact) mass is 225 g/mol. The van der Waals surface area contributed by atoms with Gasteiger partial charge in [0.15, 0.2) is 11.6 Å². The van der Waals surface area contributed by atoms with Crippen molar-refractivity contribution >= 4 is 11.8 Å². The SMILES string of the molecule is CCC1CCCN1c1nc(NN)ncc1F. The van der Waals surface area contributed by atoms with Crippen LogP contribution in [-0.4, -0.2) is 22.6 Å². The zero-order chi connectivity index (χ0) is 11.5. The van der Waals surface area contributed by atoms with Crippen LogP contribution in [0.15, 0.2) is 6.20 Å². The molecule has 0 aliphatic carbocycles. The summed E-state index contributed by atoms with van der Waals surface area (Å²) in [5, 5.41) is 0. The van der Waals surface area contributed by atoms with Gasteiger partial charge in [0.25, 0.3) is 0 Å². The highest BCUT2D eigenvalue weighted by molar-refractivity contribution is 5.45. The highest BCUT2D eigenvalue weighted by Gasteiger charge is 2.26. The highest BCUT2D eigenvalue weighted by atomic mass is 19.1. The second-order valence-electron chi connectivity index (χ2n) is 3.91. The molecule has 0 radical (unpaired) electrons. The van der Waals surface area contributed by atoms with E-state index in [1.165, 1.54) is 0 Å². The van der Waals surface area contributed by atoms with Crippen molar-refractivity contribution in [3.05, 3.63) is 12.0 Å². The molecule has 1 aliphatic heterocycles. The standard InChI is InChI=1S/C10H16FN5/c1-2-7-4-3-5-16(7)9-8(11)6-13-10(14-9)15-12/h6-7H,2-5,12H2,1H3,(H,13,14,15). The number of halogens is 1. The first-order valence-corrected chi connectivity index (χ1v) is 5.52. The lowest BCUT2D eigenvalue weighted by molar-refractivity contribution is 0.583. The smallest absolute Gasteiger partial charge is 0.239 e. The number of anilines is 2. The molecule has 5 nitrogen and oxygen atoms in total. The first-order chi connectivity index (χ1) is 7.76.